The van der Waals surface area contributed by atoms with Crippen molar-refractivity contribution in [3.8, 4) is 0 Å². The highest BCUT2D eigenvalue weighted by Crippen LogP contribution is 2.27. The zero-order valence-corrected chi connectivity index (χ0v) is 15.6. The van der Waals surface area contributed by atoms with Crippen molar-refractivity contribution in [2.45, 2.75) is 71.6 Å². The fourth-order valence-corrected chi connectivity index (χ4v) is 3.13. The van der Waals surface area contributed by atoms with Crippen LogP contribution in [-0.4, -0.2) is 22.6 Å². The normalized spacial score (nSPS) is 15.9. The molecule has 1 aromatic rings. The van der Waals surface area contributed by atoms with Crippen molar-refractivity contribution in [1.29, 1.82) is 0 Å². The monoisotopic (exact) mass is 367 g/mol. The Kier molecular flexibility index (Phi) is 5.54. The van der Waals surface area contributed by atoms with Crippen molar-refractivity contribution in [1.82, 2.24) is 4.90 Å². The van der Waals surface area contributed by atoms with Crippen molar-refractivity contribution < 1.29 is 9.53 Å². The van der Waals surface area contributed by atoms with E-state index in [0.29, 0.717) is 12.6 Å². The number of rotatable bonds is 3. The van der Waals surface area contributed by atoms with E-state index in [0.717, 1.165) is 22.9 Å². The molecule has 4 heteroatoms. The Hall–Kier alpha value is -1.03. The van der Waals surface area contributed by atoms with Gasteiger partial charge in [-0.05, 0) is 57.7 Å². The van der Waals surface area contributed by atoms with E-state index in [4.69, 9.17) is 4.74 Å². The molecule has 1 fully saturated rings. The van der Waals surface area contributed by atoms with E-state index in [2.05, 4.69) is 35.0 Å². The summed E-state index contributed by atoms with van der Waals surface area (Å²) in [6.07, 6.45) is 4.36. The number of aryl methyl sites for hydroxylation is 1. The van der Waals surface area contributed by atoms with Crippen molar-refractivity contribution in [2.24, 2.45) is 0 Å². The maximum Gasteiger partial charge on any atom is 0.410 e. The van der Waals surface area contributed by atoms with Crippen LogP contribution in [0.15, 0.2) is 22.7 Å². The van der Waals surface area contributed by atoms with Crippen molar-refractivity contribution >= 4 is 22.0 Å². The predicted octanol–water partition coefficient (Wildman–Crippen LogP) is 5.44. The standard InChI is InChI=1S/C18H26BrNO2/c1-13-11-14(9-10-16(13)19)12-20(15-7-5-6-8-15)17(21)22-18(2,3)4/h9-11,15H,5-8,12H2,1-4H3. The fraction of sp³-hybridized carbons (Fsp3) is 0.611. The summed E-state index contributed by atoms with van der Waals surface area (Å²) in [5.41, 5.74) is 1.88. The molecule has 0 radical (unpaired) electrons. The van der Waals surface area contributed by atoms with E-state index in [1.165, 1.54) is 18.4 Å². The Morgan fingerprint density at radius 3 is 2.50 bits per heavy atom. The lowest BCUT2D eigenvalue weighted by Gasteiger charge is -2.31. The highest BCUT2D eigenvalue weighted by molar-refractivity contribution is 9.10. The number of halogens is 1. The van der Waals surface area contributed by atoms with Crippen molar-refractivity contribution in [2.75, 3.05) is 0 Å². The van der Waals surface area contributed by atoms with Crippen LogP contribution in [0.5, 0.6) is 0 Å². The number of carbonyl (C=O) groups excluding carboxylic acids is 1. The molecule has 1 saturated carbocycles. The van der Waals surface area contributed by atoms with Crippen LogP contribution in [0.2, 0.25) is 0 Å². The van der Waals surface area contributed by atoms with Gasteiger partial charge in [-0.1, -0.05) is 40.9 Å². The van der Waals surface area contributed by atoms with E-state index in [9.17, 15) is 4.79 Å². The summed E-state index contributed by atoms with van der Waals surface area (Å²) in [4.78, 5) is 14.5. The van der Waals surface area contributed by atoms with Crippen LogP contribution in [0, 0.1) is 6.92 Å². The SMILES string of the molecule is Cc1cc(CN(C(=O)OC(C)(C)C)C2CCCC2)ccc1Br. The molecule has 0 unspecified atom stereocenters. The molecule has 1 aliphatic rings. The molecule has 122 valence electrons. The summed E-state index contributed by atoms with van der Waals surface area (Å²) in [5, 5.41) is 0. The number of amides is 1. The first-order valence-electron chi connectivity index (χ1n) is 8.01. The smallest absolute Gasteiger partial charge is 0.410 e. The number of carbonyl (C=O) groups is 1. The van der Waals surface area contributed by atoms with Crippen LogP contribution in [-0.2, 0) is 11.3 Å². The van der Waals surface area contributed by atoms with E-state index in [1.54, 1.807) is 0 Å². The third-order valence-corrected chi connectivity index (χ3v) is 4.86. The molecule has 0 aromatic heterocycles. The molecule has 0 atom stereocenters. The Labute approximate surface area is 142 Å². The molecule has 1 aromatic carbocycles. The summed E-state index contributed by atoms with van der Waals surface area (Å²) in [5.74, 6) is 0. The van der Waals surface area contributed by atoms with Gasteiger partial charge in [0.25, 0.3) is 0 Å². The van der Waals surface area contributed by atoms with Gasteiger partial charge in [-0.3, -0.25) is 0 Å². The number of benzene rings is 1. The molecule has 0 N–H and O–H groups in total. The Morgan fingerprint density at radius 1 is 1.32 bits per heavy atom. The van der Waals surface area contributed by atoms with E-state index >= 15 is 0 Å². The van der Waals surface area contributed by atoms with E-state index in [-0.39, 0.29) is 6.09 Å². The van der Waals surface area contributed by atoms with E-state index < -0.39 is 5.60 Å². The first kappa shape index (κ1) is 17.3. The second-order valence-corrected chi connectivity index (χ2v) is 7.98. The second kappa shape index (κ2) is 7.03. The van der Waals surface area contributed by atoms with Gasteiger partial charge in [-0.15, -0.1) is 0 Å². The molecule has 3 nitrogen and oxygen atoms in total. The first-order valence-corrected chi connectivity index (χ1v) is 8.80. The molecule has 1 aliphatic carbocycles. The summed E-state index contributed by atoms with van der Waals surface area (Å²) in [6, 6.07) is 6.56. The third-order valence-electron chi connectivity index (χ3n) is 3.97. The second-order valence-electron chi connectivity index (χ2n) is 7.13. The van der Waals surface area contributed by atoms with Gasteiger partial charge in [0, 0.05) is 17.1 Å². The van der Waals surface area contributed by atoms with Crippen LogP contribution in [0.3, 0.4) is 0 Å². The van der Waals surface area contributed by atoms with Crippen LogP contribution >= 0.6 is 15.9 Å². The summed E-state index contributed by atoms with van der Waals surface area (Å²) < 4.78 is 6.71. The van der Waals surface area contributed by atoms with Gasteiger partial charge in [-0.25, -0.2) is 4.79 Å². The largest absolute Gasteiger partial charge is 0.444 e. The average molecular weight is 368 g/mol. The fourth-order valence-electron chi connectivity index (χ4n) is 2.88. The molecule has 22 heavy (non-hydrogen) atoms. The molecular weight excluding hydrogens is 342 g/mol. The molecule has 2 rings (SSSR count). The van der Waals surface area contributed by atoms with Crippen molar-refractivity contribution in [3.05, 3.63) is 33.8 Å². The minimum atomic E-state index is -0.455. The number of hydrogen-bond donors (Lipinski definition) is 0. The lowest BCUT2D eigenvalue weighted by atomic mass is 10.1. The molecule has 0 heterocycles. The summed E-state index contributed by atoms with van der Waals surface area (Å²) in [7, 11) is 0. The first-order chi connectivity index (χ1) is 10.3. The molecule has 1 amide bonds. The van der Waals surface area contributed by atoms with Gasteiger partial charge < -0.3 is 9.64 Å². The van der Waals surface area contributed by atoms with Gasteiger partial charge in [0.15, 0.2) is 0 Å². The van der Waals surface area contributed by atoms with Crippen LogP contribution in [0.25, 0.3) is 0 Å². The quantitative estimate of drug-likeness (QED) is 0.711. The van der Waals surface area contributed by atoms with Gasteiger partial charge >= 0.3 is 6.09 Å². The molecule has 0 bridgehead atoms. The number of hydrogen-bond acceptors (Lipinski definition) is 2. The number of nitrogens with zero attached hydrogens (tertiary/aromatic N) is 1. The Bertz CT molecular complexity index is 530. The van der Waals surface area contributed by atoms with Gasteiger partial charge in [0.2, 0.25) is 0 Å². The minimum Gasteiger partial charge on any atom is -0.444 e. The van der Waals surface area contributed by atoms with Crippen LogP contribution in [0.1, 0.15) is 57.6 Å². The molecule has 0 spiro atoms. The molecule has 0 saturated heterocycles. The predicted molar refractivity (Wildman–Crippen MR) is 92.9 cm³/mol. The Balaban J connectivity index is 2.16. The topological polar surface area (TPSA) is 29.5 Å². The summed E-state index contributed by atoms with van der Waals surface area (Å²) in [6.45, 7) is 8.44. The van der Waals surface area contributed by atoms with Gasteiger partial charge in [0.1, 0.15) is 5.60 Å². The highest BCUT2D eigenvalue weighted by Gasteiger charge is 2.30. The lowest BCUT2D eigenvalue weighted by molar-refractivity contribution is 0.0145. The third kappa shape index (κ3) is 4.73. The molecular formula is C18H26BrNO2. The summed E-state index contributed by atoms with van der Waals surface area (Å²) >= 11 is 3.53. The zero-order valence-electron chi connectivity index (χ0n) is 14.0. The Morgan fingerprint density at radius 2 is 1.95 bits per heavy atom. The average Bonchev–Trinajstić information content (AvgIpc) is 2.91. The van der Waals surface area contributed by atoms with Crippen LogP contribution < -0.4 is 0 Å². The zero-order chi connectivity index (χ0) is 16.3. The van der Waals surface area contributed by atoms with Gasteiger partial charge in [0.05, 0.1) is 0 Å². The van der Waals surface area contributed by atoms with Crippen molar-refractivity contribution in [3.63, 3.8) is 0 Å². The van der Waals surface area contributed by atoms with Gasteiger partial charge in [-0.2, -0.15) is 0 Å². The van der Waals surface area contributed by atoms with Crippen LogP contribution in [0.4, 0.5) is 4.79 Å². The number of ether oxygens (including phenoxy) is 1. The maximum absolute atomic E-state index is 12.6. The lowest BCUT2D eigenvalue weighted by Crippen LogP contribution is -2.41. The molecule has 0 aliphatic heterocycles. The minimum absolute atomic E-state index is 0.194. The maximum atomic E-state index is 12.6. The highest BCUT2D eigenvalue weighted by atomic mass is 79.9. The van der Waals surface area contributed by atoms with E-state index in [1.807, 2.05) is 31.7 Å².